The standard InChI is InChI=1S/C16H18O3S/c1-18-11-7-8-12(19-2)14-13(11)15-9-5-3-4-6-10(9)16(14)20(15)17/h3-8,11-16H,1-2H3/t11-,12+,13-,14+,15+,16-,20?. The number of methoxy groups -OCH3 is 2. The van der Waals surface area contributed by atoms with Gasteiger partial charge in [0.25, 0.3) is 0 Å². The first-order chi connectivity index (χ1) is 9.77. The molecule has 1 unspecified atom stereocenters. The quantitative estimate of drug-likeness (QED) is 0.785. The first-order valence-electron chi connectivity index (χ1n) is 7.00. The lowest BCUT2D eigenvalue weighted by Gasteiger charge is -2.40. The van der Waals surface area contributed by atoms with Crippen molar-refractivity contribution in [2.75, 3.05) is 14.2 Å². The van der Waals surface area contributed by atoms with Gasteiger partial charge < -0.3 is 9.47 Å². The molecule has 4 rings (SSSR count). The van der Waals surface area contributed by atoms with Gasteiger partial charge in [-0.25, -0.2) is 0 Å². The molecule has 1 aromatic carbocycles. The molecule has 2 heterocycles. The smallest absolute Gasteiger partial charge is 0.0800 e. The highest BCUT2D eigenvalue weighted by atomic mass is 32.2. The van der Waals surface area contributed by atoms with Crippen LogP contribution in [0.25, 0.3) is 0 Å². The minimum atomic E-state index is -0.862. The second kappa shape index (κ2) is 4.52. The maximum Gasteiger partial charge on any atom is 0.0800 e. The van der Waals surface area contributed by atoms with Crippen molar-refractivity contribution in [2.45, 2.75) is 22.7 Å². The van der Waals surface area contributed by atoms with Crippen LogP contribution in [0.4, 0.5) is 0 Å². The molecular formula is C16H18O3S. The van der Waals surface area contributed by atoms with E-state index in [9.17, 15) is 4.21 Å². The number of fused-ring (bicyclic) bond motifs is 8. The minimum Gasteiger partial charge on any atom is -0.377 e. The van der Waals surface area contributed by atoms with Gasteiger partial charge in [0.05, 0.1) is 22.7 Å². The molecular weight excluding hydrogens is 272 g/mol. The van der Waals surface area contributed by atoms with E-state index < -0.39 is 10.8 Å². The highest BCUT2D eigenvalue weighted by Crippen LogP contribution is 2.63. The van der Waals surface area contributed by atoms with Crippen molar-refractivity contribution < 1.29 is 13.7 Å². The summed E-state index contributed by atoms with van der Waals surface area (Å²) in [5, 5.41) is 0.183. The lowest BCUT2D eigenvalue weighted by atomic mass is 9.68. The fourth-order valence-corrected chi connectivity index (χ4v) is 6.83. The molecule has 4 heteroatoms. The number of hydrogen-bond acceptors (Lipinski definition) is 3. The lowest BCUT2D eigenvalue weighted by molar-refractivity contribution is -0.00722. The third-order valence-electron chi connectivity index (χ3n) is 5.05. The summed E-state index contributed by atoms with van der Waals surface area (Å²) in [6, 6.07) is 8.34. The van der Waals surface area contributed by atoms with Crippen LogP contribution in [0.5, 0.6) is 0 Å². The second-order valence-corrected chi connectivity index (χ2v) is 7.41. The Hall–Kier alpha value is -0.970. The van der Waals surface area contributed by atoms with Crippen LogP contribution in [-0.2, 0) is 20.3 Å². The molecule has 0 saturated carbocycles. The molecule has 106 valence electrons. The van der Waals surface area contributed by atoms with E-state index in [1.54, 1.807) is 14.2 Å². The van der Waals surface area contributed by atoms with Gasteiger partial charge >= 0.3 is 0 Å². The lowest BCUT2D eigenvalue weighted by Crippen LogP contribution is -2.41. The molecule has 3 nitrogen and oxygen atoms in total. The Bertz CT molecular complexity index is 548. The minimum absolute atomic E-state index is 0.0405. The van der Waals surface area contributed by atoms with Crippen molar-refractivity contribution in [3.8, 4) is 0 Å². The Morgan fingerprint density at radius 2 is 1.35 bits per heavy atom. The molecule has 2 bridgehead atoms. The number of benzene rings is 1. The molecule has 0 spiro atoms. The van der Waals surface area contributed by atoms with Crippen LogP contribution in [0.1, 0.15) is 21.6 Å². The van der Waals surface area contributed by atoms with Crippen LogP contribution in [0.3, 0.4) is 0 Å². The Morgan fingerprint density at radius 3 is 1.75 bits per heavy atom. The van der Waals surface area contributed by atoms with Crippen LogP contribution >= 0.6 is 0 Å². The van der Waals surface area contributed by atoms with Crippen LogP contribution in [0, 0.1) is 11.8 Å². The van der Waals surface area contributed by atoms with E-state index in [-0.39, 0.29) is 34.5 Å². The molecule has 0 N–H and O–H groups in total. The fraction of sp³-hybridized carbons (Fsp3) is 0.500. The molecule has 2 aliphatic heterocycles. The van der Waals surface area contributed by atoms with Gasteiger partial charge in [0.2, 0.25) is 0 Å². The van der Waals surface area contributed by atoms with Crippen molar-refractivity contribution in [3.63, 3.8) is 0 Å². The summed E-state index contributed by atoms with van der Waals surface area (Å²) in [6.07, 6.45) is 4.24. The summed E-state index contributed by atoms with van der Waals surface area (Å²) in [5.74, 6) is 0.520. The van der Waals surface area contributed by atoms with E-state index in [0.717, 1.165) is 0 Å². The van der Waals surface area contributed by atoms with Gasteiger partial charge in [-0.05, 0) is 11.1 Å². The van der Waals surface area contributed by atoms with Gasteiger partial charge in [-0.1, -0.05) is 36.4 Å². The highest BCUT2D eigenvalue weighted by molar-refractivity contribution is 7.86. The average molecular weight is 290 g/mol. The first kappa shape index (κ1) is 12.7. The predicted octanol–water partition coefficient (Wildman–Crippen LogP) is 2.38. The second-order valence-electron chi connectivity index (χ2n) is 5.74. The van der Waals surface area contributed by atoms with Crippen molar-refractivity contribution in [2.24, 2.45) is 11.8 Å². The van der Waals surface area contributed by atoms with E-state index in [2.05, 4.69) is 24.3 Å². The predicted molar refractivity (Wildman–Crippen MR) is 77.8 cm³/mol. The zero-order valence-corrected chi connectivity index (χ0v) is 12.4. The topological polar surface area (TPSA) is 35.5 Å². The molecule has 0 amide bonds. The van der Waals surface area contributed by atoms with Crippen molar-refractivity contribution in [1.29, 1.82) is 0 Å². The molecule has 1 aromatic rings. The maximum atomic E-state index is 12.9. The highest BCUT2D eigenvalue weighted by Gasteiger charge is 2.61. The van der Waals surface area contributed by atoms with Gasteiger partial charge in [-0.3, -0.25) is 4.21 Å². The van der Waals surface area contributed by atoms with Gasteiger partial charge in [0.1, 0.15) is 0 Å². The van der Waals surface area contributed by atoms with E-state index in [1.807, 2.05) is 12.1 Å². The SMILES string of the molecule is CO[C@H]1C=C[C@@H](OC)[C@@H]2[C@H]1[C@H]1c3ccccc3[C@@H]2S1=O. The van der Waals surface area contributed by atoms with E-state index in [0.29, 0.717) is 0 Å². The summed E-state index contributed by atoms with van der Waals surface area (Å²) in [4.78, 5) is 0. The normalized spacial score (nSPS) is 44.4. The monoisotopic (exact) mass is 290 g/mol. The van der Waals surface area contributed by atoms with Crippen LogP contribution < -0.4 is 0 Å². The molecule has 1 aliphatic carbocycles. The van der Waals surface area contributed by atoms with E-state index >= 15 is 0 Å². The molecule has 0 radical (unpaired) electrons. The van der Waals surface area contributed by atoms with Gasteiger partial charge in [-0.15, -0.1) is 0 Å². The van der Waals surface area contributed by atoms with Crippen LogP contribution in [0.2, 0.25) is 0 Å². The van der Waals surface area contributed by atoms with Crippen molar-refractivity contribution >= 4 is 10.8 Å². The molecule has 20 heavy (non-hydrogen) atoms. The summed E-state index contributed by atoms with van der Waals surface area (Å²) in [5.41, 5.74) is 2.51. The largest absolute Gasteiger partial charge is 0.377 e. The average Bonchev–Trinajstić information content (AvgIpc) is 2.95. The van der Waals surface area contributed by atoms with E-state index in [1.165, 1.54) is 11.1 Å². The molecule has 1 fully saturated rings. The van der Waals surface area contributed by atoms with Crippen LogP contribution in [-0.4, -0.2) is 30.6 Å². The number of rotatable bonds is 2. The van der Waals surface area contributed by atoms with E-state index in [4.69, 9.17) is 9.47 Å². The summed E-state index contributed by atoms with van der Waals surface area (Å²) in [6.45, 7) is 0. The Balaban J connectivity index is 1.88. The van der Waals surface area contributed by atoms with Gasteiger partial charge in [0, 0.05) is 36.9 Å². The zero-order chi connectivity index (χ0) is 13.9. The fourth-order valence-electron chi connectivity index (χ4n) is 4.30. The van der Waals surface area contributed by atoms with Gasteiger partial charge in [0.15, 0.2) is 0 Å². The molecule has 0 aromatic heterocycles. The van der Waals surface area contributed by atoms with Crippen molar-refractivity contribution in [1.82, 2.24) is 0 Å². The molecule has 1 saturated heterocycles. The Labute approximate surface area is 121 Å². The third kappa shape index (κ3) is 1.45. The third-order valence-corrected chi connectivity index (χ3v) is 7.18. The molecule has 3 aliphatic rings. The Kier molecular flexibility index (Phi) is 2.88. The zero-order valence-electron chi connectivity index (χ0n) is 11.6. The number of hydrogen-bond donors (Lipinski definition) is 0. The number of ether oxygens (including phenoxy) is 2. The summed E-state index contributed by atoms with van der Waals surface area (Å²) >= 11 is 0. The van der Waals surface area contributed by atoms with Crippen LogP contribution in [0.15, 0.2) is 36.4 Å². The Morgan fingerprint density at radius 1 is 0.900 bits per heavy atom. The molecule has 7 atom stereocenters. The summed E-state index contributed by atoms with van der Waals surface area (Å²) in [7, 11) is 2.61. The van der Waals surface area contributed by atoms with Crippen molar-refractivity contribution in [3.05, 3.63) is 47.5 Å². The first-order valence-corrected chi connectivity index (χ1v) is 8.27. The summed E-state index contributed by atoms with van der Waals surface area (Å²) < 4.78 is 24.2. The van der Waals surface area contributed by atoms with Gasteiger partial charge in [-0.2, -0.15) is 0 Å². The maximum absolute atomic E-state index is 12.9.